The molecular formula is C24H20F2N6O. The van der Waals surface area contributed by atoms with Crippen LogP contribution in [0.15, 0.2) is 61.1 Å². The summed E-state index contributed by atoms with van der Waals surface area (Å²) < 4.78 is 36.4. The Labute approximate surface area is 188 Å². The Kier molecular flexibility index (Phi) is 5.01. The summed E-state index contributed by atoms with van der Waals surface area (Å²) in [5, 5.41) is 3.29. The molecule has 3 aromatic heterocycles. The van der Waals surface area contributed by atoms with Crippen molar-refractivity contribution in [3.05, 3.63) is 78.4 Å². The van der Waals surface area contributed by atoms with E-state index in [1.54, 1.807) is 13.4 Å². The molecule has 0 aliphatic rings. The molecule has 7 nitrogen and oxygen atoms in total. The molecule has 2 aromatic carbocycles. The number of halogens is 2. The van der Waals surface area contributed by atoms with E-state index in [2.05, 4.69) is 15.3 Å². The van der Waals surface area contributed by atoms with E-state index in [-0.39, 0.29) is 0 Å². The van der Waals surface area contributed by atoms with E-state index < -0.39 is 11.6 Å². The van der Waals surface area contributed by atoms with Crippen molar-refractivity contribution in [3.63, 3.8) is 0 Å². The molecule has 0 aliphatic carbocycles. The number of nitrogens with one attached hydrogen (secondary N) is 1. The van der Waals surface area contributed by atoms with Crippen LogP contribution in [0.2, 0.25) is 0 Å². The van der Waals surface area contributed by atoms with Gasteiger partial charge in [0.15, 0.2) is 11.6 Å². The Morgan fingerprint density at radius 3 is 2.58 bits per heavy atom. The second-order valence-corrected chi connectivity index (χ2v) is 7.57. The largest absolute Gasteiger partial charge is 0.479 e. The first-order valence-electron chi connectivity index (χ1n) is 10.2. The van der Waals surface area contributed by atoms with Gasteiger partial charge in [-0.25, -0.2) is 18.7 Å². The van der Waals surface area contributed by atoms with Crippen molar-refractivity contribution in [2.45, 2.75) is 6.92 Å². The lowest BCUT2D eigenvalue weighted by molar-refractivity contribution is 0.396. The molecule has 0 spiro atoms. The molecule has 0 radical (unpaired) electrons. The van der Waals surface area contributed by atoms with Crippen molar-refractivity contribution in [2.75, 3.05) is 12.4 Å². The molecule has 5 aromatic rings. The zero-order valence-corrected chi connectivity index (χ0v) is 18.2. The van der Waals surface area contributed by atoms with Crippen LogP contribution in [0.4, 0.5) is 20.3 Å². The molecular weight excluding hydrogens is 426 g/mol. The van der Waals surface area contributed by atoms with Crippen LogP contribution in [0.5, 0.6) is 5.88 Å². The van der Waals surface area contributed by atoms with Crippen LogP contribution in [0, 0.1) is 18.6 Å². The summed E-state index contributed by atoms with van der Waals surface area (Å²) in [6.45, 7) is 1.91. The van der Waals surface area contributed by atoms with Crippen molar-refractivity contribution in [1.82, 2.24) is 24.1 Å². The van der Waals surface area contributed by atoms with Crippen molar-refractivity contribution in [2.24, 2.45) is 7.05 Å². The average molecular weight is 446 g/mol. The Balaban J connectivity index is 1.54. The monoisotopic (exact) mass is 446 g/mol. The second kappa shape index (κ2) is 8.01. The molecule has 166 valence electrons. The molecule has 1 N–H and O–H groups in total. The average Bonchev–Trinajstić information content (AvgIpc) is 3.39. The van der Waals surface area contributed by atoms with Gasteiger partial charge in [-0.05, 0) is 49.4 Å². The third-order valence-electron chi connectivity index (χ3n) is 5.38. The van der Waals surface area contributed by atoms with E-state index in [9.17, 15) is 8.78 Å². The normalized spacial score (nSPS) is 11.2. The van der Waals surface area contributed by atoms with Gasteiger partial charge in [-0.15, -0.1) is 0 Å². The molecule has 33 heavy (non-hydrogen) atoms. The Morgan fingerprint density at radius 2 is 1.85 bits per heavy atom. The maximum atomic E-state index is 13.8. The van der Waals surface area contributed by atoms with Gasteiger partial charge in [0.05, 0.1) is 30.3 Å². The van der Waals surface area contributed by atoms with E-state index in [1.807, 2.05) is 59.6 Å². The molecule has 0 amide bonds. The van der Waals surface area contributed by atoms with Gasteiger partial charge in [0.1, 0.15) is 22.8 Å². The van der Waals surface area contributed by atoms with E-state index in [0.29, 0.717) is 28.6 Å². The van der Waals surface area contributed by atoms with Crippen molar-refractivity contribution in [3.8, 4) is 23.0 Å². The van der Waals surface area contributed by atoms with Crippen LogP contribution in [-0.4, -0.2) is 31.2 Å². The third-order valence-corrected chi connectivity index (χ3v) is 5.38. The highest BCUT2D eigenvalue weighted by atomic mass is 19.2. The number of aryl methyl sites for hydroxylation is 2. The van der Waals surface area contributed by atoms with Crippen LogP contribution in [0.1, 0.15) is 5.69 Å². The minimum atomic E-state index is -0.914. The maximum absolute atomic E-state index is 13.8. The fourth-order valence-corrected chi connectivity index (χ4v) is 3.75. The number of imidazole rings is 2. The first-order chi connectivity index (χ1) is 15.9. The van der Waals surface area contributed by atoms with Crippen LogP contribution < -0.4 is 10.1 Å². The molecule has 9 heteroatoms. The number of anilines is 2. The third kappa shape index (κ3) is 3.67. The summed E-state index contributed by atoms with van der Waals surface area (Å²) >= 11 is 0. The van der Waals surface area contributed by atoms with Crippen LogP contribution in [-0.2, 0) is 7.05 Å². The second-order valence-electron chi connectivity index (χ2n) is 7.57. The molecule has 0 bridgehead atoms. The van der Waals surface area contributed by atoms with Gasteiger partial charge in [-0.2, -0.15) is 4.98 Å². The zero-order valence-electron chi connectivity index (χ0n) is 18.2. The minimum Gasteiger partial charge on any atom is -0.479 e. The van der Waals surface area contributed by atoms with Gasteiger partial charge in [0.25, 0.3) is 0 Å². The number of ether oxygens (including phenoxy) is 1. The number of benzene rings is 2. The lowest BCUT2D eigenvalue weighted by Gasteiger charge is -2.11. The highest BCUT2D eigenvalue weighted by molar-refractivity contribution is 5.92. The zero-order chi connectivity index (χ0) is 23.1. The maximum Gasteiger partial charge on any atom is 0.240 e. The quantitative estimate of drug-likeness (QED) is 0.404. The smallest absolute Gasteiger partial charge is 0.240 e. The fraction of sp³-hybridized carbons (Fsp3) is 0.125. The van der Waals surface area contributed by atoms with Crippen LogP contribution >= 0.6 is 0 Å². The van der Waals surface area contributed by atoms with Crippen molar-refractivity contribution in [1.29, 1.82) is 0 Å². The number of fused-ring (bicyclic) bond motifs is 1. The van der Waals surface area contributed by atoms with Gasteiger partial charge >= 0.3 is 0 Å². The molecule has 5 rings (SSSR count). The molecule has 0 saturated heterocycles. The molecule has 0 aliphatic heterocycles. The van der Waals surface area contributed by atoms with E-state index in [0.717, 1.165) is 34.7 Å². The standard InChI is InChI=1S/C24H20F2N6O/c1-14-12-32(13-27-14)20-9-10-21(29-24(20)33-3)28-18-5-4-6-19-22(18)30-23(31(19)2)15-7-8-16(25)17(26)11-15/h4-13H,1-3H3,(H,28,29). The van der Waals surface area contributed by atoms with Crippen molar-refractivity contribution < 1.29 is 13.5 Å². The van der Waals surface area contributed by atoms with E-state index in [4.69, 9.17) is 9.72 Å². The Morgan fingerprint density at radius 1 is 1.00 bits per heavy atom. The topological polar surface area (TPSA) is 69.8 Å². The van der Waals surface area contributed by atoms with E-state index >= 15 is 0 Å². The minimum absolute atomic E-state index is 0.438. The number of hydrogen-bond acceptors (Lipinski definition) is 5. The van der Waals surface area contributed by atoms with Crippen LogP contribution in [0.3, 0.4) is 0 Å². The molecule has 0 unspecified atom stereocenters. The number of para-hydroxylation sites is 1. The Bertz CT molecular complexity index is 1490. The summed E-state index contributed by atoms with van der Waals surface area (Å²) in [5.74, 6) is -0.279. The molecule has 0 fully saturated rings. The summed E-state index contributed by atoms with van der Waals surface area (Å²) in [6, 6.07) is 13.2. The summed E-state index contributed by atoms with van der Waals surface area (Å²) in [6.07, 6.45) is 3.59. The summed E-state index contributed by atoms with van der Waals surface area (Å²) in [7, 11) is 3.39. The first kappa shape index (κ1) is 20.6. The van der Waals surface area contributed by atoms with E-state index in [1.165, 1.54) is 6.07 Å². The van der Waals surface area contributed by atoms with Crippen LogP contribution in [0.25, 0.3) is 28.1 Å². The summed E-state index contributed by atoms with van der Waals surface area (Å²) in [5.41, 5.74) is 4.36. The molecule has 0 atom stereocenters. The number of nitrogens with zero attached hydrogens (tertiary/aromatic N) is 5. The number of hydrogen-bond donors (Lipinski definition) is 1. The molecule has 0 saturated carbocycles. The number of aromatic nitrogens is 5. The SMILES string of the molecule is COc1nc(Nc2cccc3c2nc(-c2ccc(F)c(F)c2)n3C)ccc1-n1cnc(C)c1. The lowest BCUT2D eigenvalue weighted by atomic mass is 10.2. The lowest BCUT2D eigenvalue weighted by Crippen LogP contribution is -2.01. The van der Waals surface area contributed by atoms with Gasteiger partial charge in [0.2, 0.25) is 5.88 Å². The summed E-state index contributed by atoms with van der Waals surface area (Å²) in [4.78, 5) is 13.5. The van der Waals surface area contributed by atoms with Gasteiger partial charge in [0, 0.05) is 18.8 Å². The predicted molar refractivity (Wildman–Crippen MR) is 122 cm³/mol. The highest BCUT2D eigenvalue weighted by Gasteiger charge is 2.16. The predicted octanol–water partition coefficient (Wildman–Crippen LogP) is 5.16. The van der Waals surface area contributed by atoms with Gasteiger partial charge in [-0.1, -0.05) is 6.07 Å². The Hall–Kier alpha value is -4.27. The van der Waals surface area contributed by atoms with Gasteiger partial charge < -0.3 is 19.2 Å². The molecule has 3 heterocycles. The number of pyridine rings is 1. The fourth-order valence-electron chi connectivity index (χ4n) is 3.75. The highest BCUT2D eigenvalue weighted by Crippen LogP contribution is 2.31. The number of methoxy groups -OCH3 is 1. The first-order valence-corrected chi connectivity index (χ1v) is 10.2. The van der Waals surface area contributed by atoms with Crippen molar-refractivity contribution >= 4 is 22.5 Å². The number of rotatable bonds is 5. The van der Waals surface area contributed by atoms with Gasteiger partial charge in [-0.3, -0.25) is 0 Å².